The molecule has 0 bridgehead atoms. The second-order valence-electron chi connectivity index (χ2n) is 6.80. The number of benzene rings is 2. The molecule has 0 radical (unpaired) electrons. The van der Waals surface area contributed by atoms with Gasteiger partial charge in [0, 0.05) is 5.02 Å². The summed E-state index contributed by atoms with van der Waals surface area (Å²) in [7, 11) is -7.70. The number of halogens is 1. The molecule has 1 unspecified atom stereocenters. The highest BCUT2D eigenvalue weighted by Gasteiger charge is 2.42. The Morgan fingerprint density at radius 1 is 1.11 bits per heavy atom. The third-order valence-electron chi connectivity index (χ3n) is 4.49. The van der Waals surface area contributed by atoms with Crippen LogP contribution >= 0.6 is 11.6 Å². The molecule has 3 rings (SSSR count). The maximum Gasteiger partial charge on any atom is 0.262 e. The van der Waals surface area contributed by atoms with Gasteiger partial charge >= 0.3 is 0 Å². The molecule has 1 saturated heterocycles. The van der Waals surface area contributed by atoms with Gasteiger partial charge in [0.2, 0.25) is 15.9 Å². The number of carbonyl (C=O) groups is 1. The van der Waals surface area contributed by atoms with Crippen molar-refractivity contribution < 1.29 is 21.6 Å². The molecule has 1 heterocycles. The predicted molar refractivity (Wildman–Crippen MR) is 109 cm³/mol. The summed E-state index contributed by atoms with van der Waals surface area (Å²) in [5.74, 6) is -1.43. The molecule has 1 fully saturated rings. The van der Waals surface area contributed by atoms with Crippen LogP contribution in [-0.4, -0.2) is 28.5 Å². The first-order valence-corrected chi connectivity index (χ1v) is 11.9. The SMILES string of the molecule is Cc1ccc(Cl)cc1NS(=O)(=O)c1ccc(N2C(=O)C(C)CS2(=O)=O)cc1C. The van der Waals surface area contributed by atoms with Crippen LogP contribution in [0.1, 0.15) is 18.1 Å². The van der Waals surface area contributed by atoms with Gasteiger partial charge in [-0.25, -0.2) is 21.1 Å². The van der Waals surface area contributed by atoms with Gasteiger partial charge in [0.25, 0.3) is 10.0 Å². The summed E-state index contributed by atoms with van der Waals surface area (Å²) in [4.78, 5) is 12.2. The van der Waals surface area contributed by atoms with E-state index in [0.29, 0.717) is 21.8 Å². The summed E-state index contributed by atoms with van der Waals surface area (Å²) in [5.41, 5.74) is 1.49. The molecule has 2 aromatic rings. The van der Waals surface area contributed by atoms with Gasteiger partial charge in [0.15, 0.2) is 0 Å². The van der Waals surface area contributed by atoms with Crippen molar-refractivity contribution in [3.8, 4) is 0 Å². The molecule has 0 saturated carbocycles. The molecule has 1 atom stereocenters. The Morgan fingerprint density at radius 2 is 1.79 bits per heavy atom. The van der Waals surface area contributed by atoms with Gasteiger partial charge < -0.3 is 0 Å². The van der Waals surface area contributed by atoms with Crippen LogP contribution in [0.25, 0.3) is 0 Å². The minimum Gasteiger partial charge on any atom is -0.279 e. The van der Waals surface area contributed by atoms with Crippen molar-refractivity contribution in [3.63, 3.8) is 0 Å². The molecule has 7 nitrogen and oxygen atoms in total. The average molecular weight is 443 g/mol. The number of aryl methyl sites for hydroxylation is 2. The number of amides is 1. The minimum atomic E-state index is -3.94. The van der Waals surface area contributed by atoms with Gasteiger partial charge in [0.1, 0.15) is 0 Å². The van der Waals surface area contributed by atoms with Crippen molar-refractivity contribution in [2.45, 2.75) is 25.7 Å². The van der Waals surface area contributed by atoms with Crippen LogP contribution < -0.4 is 9.03 Å². The van der Waals surface area contributed by atoms with Crippen molar-refractivity contribution in [1.29, 1.82) is 0 Å². The number of nitrogens with zero attached hydrogens (tertiary/aromatic N) is 1. The summed E-state index contributed by atoms with van der Waals surface area (Å²) in [6.45, 7) is 4.83. The Bertz CT molecular complexity index is 1180. The maximum atomic E-state index is 12.8. The van der Waals surface area contributed by atoms with Gasteiger partial charge in [-0.05, 0) is 55.3 Å². The highest BCUT2D eigenvalue weighted by molar-refractivity contribution is 7.94. The molecule has 0 spiro atoms. The third kappa shape index (κ3) is 3.74. The molecule has 0 aromatic heterocycles. The van der Waals surface area contributed by atoms with Crippen LogP contribution in [0.5, 0.6) is 0 Å². The number of nitrogens with one attached hydrogen (secondary N) is 1. The van der Waals surface area contributed by atoms with Gasteiger partial charge in [-0.1, -0.05) is 24.6 Å². The minimum absolute atomic E-state index is 0.0206. The summed E-state index contributed by atoms with van der Waals surface area (Å²) in [6.07, 6.45) is 0. The molecule has 1 amide bonds. The van der Waals surface area contributed by atoms with Crippen LogP contribution in [0.15, 0.2) is 41.3 Å². The molecule has 10 heteroatoms. The number of rotatable bonds is 4. The predicted octanol–water partition coefficient (Wildman–Crippen LogP) is 3.07. The lowest BCUT2D eigenvalue weighted by molar-refractivity contribution is -0.119. The lowest BCUT2D eigenvalue weighted by Gasteiger charge is -2.18. The Balaban J connectivity index is 1.98. The fourth-order valence-corrected chi connectivity index (χ4v) is 6.39. The smallest absolute Gasteiger partial charge is 0.262 e. The van der Waals surface area contributed by atoms with E-state index in [1.807, 2.05) is 0 Å². The van der Waals surface area contributed by atoms with Crippen molar-refractivity contribution in [1.82, 2.24) is 0 Å². The first-order chi connectivity index (χ1) is 12.9. The van der Waals surface area contributed by atoms with E-state index in [1.165, 1.54) is 24.3 Å². The van der Waals surface area contributed by atoms with Crippen LogP contribution in [0.4, 0.5) is 11.4 Å². The zero-order chi connectivity index (χ0) is 20.9. The molecule has 1 aliphatic rings. The number of hydrogen-bond donors (Lipinski definition) is 1. The molecule has 150 valence electrons. The van der Waals surface area contributed by atoms with Crippen molar-refractivity contribution in [2.24, 2.45) is 5.92 Å². The second-order valence-corrected chi connectivity index (χ2v) is 10.7. The summed E-state index contributed by atoms with van der Waals surface area (Å²) < 4.78 is 53.4. The Labute approximate surface area is 169 Å². The van der Waals surface area contributed by atoms with Crippen molar-refractivity contribution >= 4 is 48.9 Å². The zero-order valence-corrected chi connectivity index (χ0v) is 17.8. The first-order valence-electron chi connectivity index (χ1n) is 8.39. The van der Waals surface area contributed by atoms with E-state index in [9.17, 15) is 21.6 Å². The lowest BCUT2D eigenvalue weighted by Crippen LogP contribution is -2.30. The van der Waals surface area contributed by atoms with Crippen LogP contribution in [0, 0.1) is 19.8 Å². The highest BCUT2D eigenvalue weighted by Crippen LogP contribution is 2.31. The average Bonchev–Trinajstić information content (AvgIpc) is 2.77. The molecule has 28 heavy (non-hydrogen) atoms. The zero-order valence-electron chi connectivity index (χ0n) is 15.4. The van der Waals surface area contributed by atoms with Gasteiger partial charge in [-0.2, -0.15) is 0 Å². The highest BCUT2D eigenvalue weighted by atomic mass is 35.5. The van der Waals surface area contributed by atoms with E-state index in [4.69, 9.17) is 11.6 Å². The normalized spacial score (nSPS) is 19.1. The lowest BCUT2D eigenvalue weighted by atomic mass is 10.2. The van der Waals surface area contributed by atoms with E-state index in [1.54, 1.807) is 32.9 Å². The molecular weight excluding hydrogens is 424 g/mol. The molecular formula is C18H19ClN2O5S2. The Hall–Kier alpha value is -2.10. The second kappa shape index (κ2) is 7.06. The summed E-state index contributed by atoms with van der Waals surface area (Å²) in [5, 5.41) is 0.391. The van der Waals surface area contributed by atoms with Crippen LogP contribution in [0.2, 0.25) is 5.02 Å². The van der Waals surface area contributed by atoms with Crippen LogP contribution in [-0.2, 0) is 24.8 Å². The third-order valence-corrected chi connectivity index (χ3v) is 8.12. The van der Waals surface area contributed by atoms with Crippen molar-refractivity contribution in [3.05, 3.63) is 52.5 Å². The quantitative estimate of drug-likeness (QED) is 0.784. The monoisotopic (exact) mass is 442 g/mol. The standard InChI is InChI=1S/C18H19ClN2O5S2/c1-11-4-5-14(19)9-16(11)20-28(25,26)17-7-6-15(8-12(17)2)21-18(22)13(3)10-27(21,23)24/h4-9,13,20H,10H2,1-3H3. The van der Waals surface area contributed by atoms with E-state index >= 15 is 0 Å². The molecule has 2 aromatic carbocycles. The van der Waals surface area contributed by atoms with Gasteiger partial charge in [-0.15, -0.1) is 0 Å². The van der Waals surface area contributed by atoms with E-state index in [-0.39, 0.29) is 16.3 Å². The Kier molecular flexibility index (Phi) is 5.20. The van der Waals surface area contributed by atoms with E-state index in [0.717, 1.165) is 4.31 Å². The van der Waals surface area contributed by atoms with Crippen LogP contribution in [0.3, 0.4) is 0 Å². The molecule has 1 N–H and O–H groups in total. The van der Waals surface area contributed by atoms with Gasteiger partial charge in [0.05, 0.1) is 27.9 Å². The largest absolute Gasteiger partial charge is 0.279 e. The number of anilines is 2. The molecule has 1 aliphatic heterocycles. The first kappa shape index (κ1) is 20.6. The fraction of sp³-hybridized carbons (Fsp3) is 0.278. The number of carbonyl (C=O) groups excluding carboxylic acids is 1. The summed E-state index contributed by atoms with van der Waals surface area (Å²) >= 11 is 5.94. The number of hydrogen-bond acceptors (Lipinski definition) is 5. The fourth-order valence-electron chi connectivity index (χ4n) is 3.05. The van der Waals surface area contributed by atoms with E-state index < -0.39 is 31.9 Å². The van der Waals surface area contributed by atoms with E-state index in [2.05, 4.69) is 4.72 Å². The number of sulfonamides is 2. The maximum absolute atomic E-state index is 12.8. The topological polar surface area (TPSA) is 101 Å². The molecule has 0 aliphatic carbocycles. The van der Waals surface area contributed by atoms with Gasteiger partial charge in [-0.3, -0.25) is 9.52 Å². The Morgan fingerprint density at radius 3 is 2.36 bits per heavy atom. The van der Waals surface area contributed by atoms with Crippen molar-refractivity contribution in [2.75, 3.05) is 14.8 Å². The summed E-state index contributed by atoms with van der Waals surface area (Å²) in [6, 6.07) is 8.85.